The number of benzene rings is 4. The van der Waals surface area contributed by atoms with Gasteiger partial charge >= 0.3 is 0 Å². The second-order valence-corrected chi connectivity index (χ2v) is 8.80. The number of anilines is 1. The lowest BCUT2D eigenvalue weighted by Gasteiger charge is -2.22. The molecule has 3 nitrogen and oxygen atoms in total. The highest BCUT2D eigenvalue weighted by Crippen LogP contribution is 2.38. The summed E-state index contributed by atoms with van der Waals surface area (Å²) in [7, 11) is 0. The van der Waals surface area contributed by atoms with Crippen molar-refractivity contribution in [3.05, 3.63) is 102 Å². The Kier molecular flexibility index (Phi) is 5.97. The normalized spacial score (nSPS) is 13.0. The maximum absolute atomic E-state index is 11.8. The Labute approximate surface area is 200 Å². The molecule has 4 aromatic carbocycles. The highest BCUT2D eigenvalue weighted by molar-refractivity contribution is 5.95. The van der Waals surface area contributed by atoms with Gasteiger partial charge in [0.2, 0.25) is 0 Å². The zero-order valence-electron chi connectivity index (χ0n) is 19.3. The summed E-state index contributed by atoms with van der Waals surface area (Å²) in [6.07, 6.45) is 2.28. The third-order valence-electron chi connectivity index (χ3n) is 6.60. The number of ketones is 1. The number of hydrogen-bond acceptors (Lipinski definition) is 3. The molecular formula is C31H26N2O. The van der Waals surface area contributed by atoms with Gasteiger partial charge in [-0.3, -0.25) is 4.79 Å². The topological polar surface area (TPSA) is 44.1 Å². The van der Waals surface area contributed by atoms with Crippen molar-refractivity contribution < 1.29 is 4.79 Å². The summed E-state index contributed by atoms with van der Waals surface area (Å²) in [5, 5.41) is 10.2. The quantitative estimate of drug-likeness (QED) is 0.303. The number of nitriles is 1. The van der Waals surface area contributed by atoms with E-state index in [4.69, 9.17) is 0 Å². The second kappa shape index (κ2) is 9.37. The minimum absolute atomic E-state index is 0.0390. The summed E-state index contributed by atoms with van der Waals surface area (Å²) >= 11 is 0. The van der Waals surface area contributed by atoms with Gasteiger partial charge in [0.15, 0.2) is 5.78 Å². The van der Waals surface area contributed by atoms with Crippen molar-refractivity contribution in [3.8, 4) is 39.4 Å². The van der Waals surface area contributed by atoms with Crippen LogP contribution >= 0.6 is 0 Å². The number of hydrogen-bond donors (Lipinski definition) is 0. The molecule has 34 heavy (non-hydrogen) atoms. The average Bonchev–Trinajstić information content (AvgIpc) is 3.43. The molecule has 5 rings (SSSR count). The van der Waals surface area contributed by atoms with E-state index < -0.39 is 0 Å². The maximum Gasteiger partial charge on any atom is 0.159 e. The molecule has 1 aliphatic heterocycles. The fraction of sp³-hybridized carbons (Fsp3) is 0.161. The van der Waals surface area contributed by atoms with Gasteiger partial charge in [0.05, 0.1) is 11.3 Å². The monoisotopic (exact) mass is 442 g/mol. The molecule has 3 heteroatoms. The molecule has 0 amide bonds. The van der Waals surface area contributed by atoms with Crippen LogP contribution in [0.5, 0.6) is 0 Å². The molecule has 0 aliphatic carbocycles. The van der Waals surface area contributed by atoms with Crippen LogP contribution in [0.15, 0.2) is 91.0 Å². The van der Waals surface area contributed by atoms with Crippen molar-refractivity contribution in [2.75, 3.05) is 18.0 Å². The second-order valence-electron chi connectivity index (χ2n) is 8.80. The van der Waals surface area contributed by atoms with Crippen molar-refractivity contribution >= 4 is 11.5 Å². The van der Waals surface area contributed by atoms with Gasteiger partial charge in [0.1, 0.15) is 6.07 Å². The first-order chi connectivity index (χ1) is 16.6. The minimum atomic E-state index is 0.0390. The van der Waals surface area contributed by atoms with E-state index in [9.17, 15) is 10.1 Å². The predicted molar refractivity (Wildman–Crippen MR) is 139 cm³/mol. The molecule has 4 aromatic rings. The maximum atomic E-state index is 11.8. The zero-order valence-corrected chi connectivity index (χ0v) is 19.3. The van der Waals surface area contributed by atoms with Crippen LogP contribution in [-0.4, -0.2) is 18.9 Å². The number of carbonyl (C=O) groups is 1. The van der Waals surface area contributed by atoms with Crippen LogP contribution in [0.4, 0.5) is 5.69 Å². The summed E-state index contributed by atoms with van der Waals surface area (Å²) in [5.74, 6) is 0.0390. The van der Waals surface area contributed by atoms with E-state index >= 15 is 0 Å². The van der Waals surface area contributed by atoms with Gasteiger partial charge in [0.25, 0.3) is 0 Å². The van der Waals surface area contributed by atoms with Crippen molar-refractivity contribution in [1.82, 2.24) is 0 Å². The summed E-state index contributed by atoms with van der Waals surface area (Å²) in [6, 6.07) is 33.3. The summed E-state index contributed by atoms with van der Waals surface area (Å²) < 4.78 is 0. The smallest absolute Gasteiger partial charge is 0.159 e. The fourth-order valence-electron chi connectivity index (χ4n) is 4.72. The van der Waals surface area contributed by atoms with Crippen LogP contribution in [0.25, 0.3) is 33.4 Å². The Balaban J connectivity index is 1.62. The number of rotatable bonds is 5. The summed E-state index contributed by atoms with van der Waals surface area (Å²) in [4.78, 5) is 14.1. The van der Waals surface area contributed by atoms with E-state index in [-0.39, 0.29) is 5.78 Å². The first-order valence-electron chi connectivity index (χ1n) is 11.7. The SMILES string of the molecule is CC(=O)c1ccc(-c2cc(-c3ccc(-c4ccccc4)cc3)cc(N3CCCC3)c2C#N)cc1. The molecule has 0 atom stereocenters. The molecule has 0 aromatic heterocycles. The van der Waals surface area contributed by atoms with Gasteiger partial charge in [-0.25, -0.2) is 0 Å². The van der Waals surface area contributed by atoms with Gasteiger partial charge in [-0.15, -0.1) is 0 Å². The lowest BCUT2D eigenvalue weighted by atomic mass is 9.92. The van der Waals surface area contributed by atoms with Crippen LogP contribution in [0.3, 0.4) is 0 Å². The van der Waals surface area contributed by atoms with Crippen LogP contribution in [0, 0.1) is 11.3 Å². The molecule has 1 saturated heterocycles. The summed E-state index contributed by atoms with van der Waals surface area (Å²) in [5.41, 5.74) is 8.80. The Morgan fingerprint density at radius 2 is 1.29 bits per heavy atom. The zero-order chi connectivity index (χ0) is 23.5. The number of nitrogens with zero attached hydrogens (tertiary/aromatic N) is 2. The van der Waals surface area contributed by atoms with Crippen LogP contribution < -0.4 is 4.90 Å². The van der Waals surface area contributed by atoms with Crippen molar-refractivity contribution in [2.24, 2.45) is 0 Å². The standard InChI is InChI=1S/C31H26N2O/c1-22(34)23-9-15-27(16-10-23)29-19-28(20-31(30(29)21-32)33-17-5-6-18-33)26-13-11-25(12-14-26)24-7-3-2-4-8-24/h2-4,7-16,19-20H,5-6,17-18H2,1H3. The lowest BCUT2D eigenvalue weighted by Crippen LogP contribution is -2.19. The Morgan fingerprint density at radius 1 is 0.735 bits per heavy atom. The summed E-state index contributed by atoms with van der Waals surface area (Å²) in [6.45, 7) is 3.50. The van der Waals surface area contributed by atoms with Crippen molar-refractivity contribution in [2.45, 2.75) is 19.8 Å². The van der Waals surface area contributed by atoms with Gasteiger partial charge in [-0.05, 0) is 59.7 Å². The molecule has 1 heterocycles. The van der Waals surface area contributed by atoms with Crippen LogP contribution in [-0.2, 0) is 0 Å². The van der Waals surface area contributed by atoms with Crippen LogP contribution in [0.2, 0.25) is 0 Å². The highest BCUT2D eigenvalue weighted by atomic mass is 16.1. The third kappa shape index (κ3) is 4.23. The molecule has 0 saturated carbocycles. The van der Waals surface area contributed by atoms with E-state index in [1.165, 1.54) is 11.1 Å². The van der Waals surface area contributed by atoms with Gasteiger partial charge in [-0.2, -0.15) is 5.26 Å². The molecule has 0 spiro atoms. The molecule has 166 valence electrons. The first kappa shape index (κ1) is 21.7. The predicted octanol–water partition coefficient (Wildman–Crippen LogP) is 7.36. The molecule has 0 bridgehead atoms. The third-order valence-corrected chi connectivity index (χ3v) is 6.60. The van der Waals surface area contributed by atoms with Crippen molar-refractivity contribution in [1.29, 1.82) is 5.26 Å². The van der Waals surface area contributed by atoms with Gasteiger partial charge in [0, 0.05) is 24.2 Å². The average molecular weight is 443 g/mol. The minimum Gasteiger partial charge on any atom is -0.370 e. The Bertz CT molecular complexity index is 1360. The van der Waals surface area contributed by atoms with E-state index in [0.29, 0.717) is 11.1 Å². The van der Waals surface area contributed by atoms with E-state index in [1.54, 1.807) is 6.92 Å². The molecule has 0 N–H and O–H groups in total. The Morgan fingerprint density at radius 3 is 1.88 bits per heavy atom. The molecule has 1 aliphatic rings. The van der Waals surface area contributed by atoms with Crippen LogP contribution in [0.1, 0.15) is 35.7 Å². The number of carbonyl (C=O) groups excluding carboxylic acids is 1. The Hall–Kier alpha value is -4.16. The van der Waals surface area contributed by atoms with Crippen molar-refractivity contribution in [3.63, 3.8) is 0 Å². The molecule has 0 radical (unpaired) electrons. The van der Waals surface area contributed by atoms with Gasteiger partial charge < -0.3 is 4.90 Å². The molecule has 1 fully saturated rings. The lowest BCUT2D eigenvalue weighted by molar-refractivity contribution is 0.101. The highest BCUT2D eigenvalue weighted by Gasteiger charge is 2.21. The number of Topliss-reactive ketones (excluding diaryl/α,β-unsaturated/α-hetero) is 1. The fourth-order valence-corrected chi connectivity index (χ4v) is 4.72. The first-order valence-corrected chi connectivity index (χ1v) is 11.7. The van der Waals surface area contributed by atoms with E-state index in [1.807, 2.05) is 30.3 Å². The molecule has 0 unspecified atom stereocenters. The largest absolute Gasteiger partial charge is 0.370 e. The van der Waals surface area contributed by atoms with Gasteiger partial charge in [-0.1, -0.05) is 78.9 Å². The van der Waals surface area contributed by atoms with E-state index in [0.717, 1.165) is 53.9 Å². The molecular weight excluding hydrogens is 416 g/mol. The van der Waals surface area contributed by atoms with E-state index in [2.05, 4.69) is 71.6 Å².